The summed E-state index contributed by atoms with van der Waals surface area (Å²) >= 11 is 9.53. The van der Waals surface area contributed by atoms with Gasteiger partial charge in [-0.1, -0.05) is 33.6 Å². The highest BCUT2D eigenvalue weighted by molar-refractivity contribution is 9.10. The zero-order valence-electron chi connectivity index (χ0n) is 15.5. The molecular formula is C21H17BrClN3O3. The highest BCUT2D eigenvalue weighted by Crippen LogP contribution is 2.27. The number of halogens is 2. The van der Waals surface area contributed by atoms with E-state index >= 15 is 0 Å². The van der Waals surface area contributed by atoms with Crippen LogP contribution in [0.5, 0.6) is 0 Å². The number of anilines is 1. The van der Waals surface area contributed by atoms with Crippen LogP contribution in [0.3, 0.4) is 0 Å². The molecule has 0 bridgehead atoms. The average Bonchev–Trinajstić information content (AvgIpc) is 3.27. The van der Waals surface area contributed by atoms with Crippen molar-refractivity contribution >= 4 is 61.7 Å². The maximum Gasteiger partial charge on any atom is 0.293 e. The number of H-pyrrole nitrogens is 1. The van der Waals surface area contributed by atoms with E-state index in [-0.39, 0.29) is 11.5 Å². The first-order valence-electron chi connectivity index (χ1n) is 9.04. The van der Waals surface area contributed by atoms with Crippen LogP contribution in [0, 0.1) is 6.92 Å². The van der Waals surface area contributed by atoms with Crippen LogP contribution in [0.1, 0.15) is 22.3 Å². The molecule has 2 heterocycles. The van der Waals surface area contributed by atoms with Gasteiger partial charge in [-0.05, 0) is 49.2 Å². The van der Waals surface area contributed by atoms with E-state index in [1.165, 1.54) is 6.20 Å². The third kappa shape index (κ3) is 3.68. The standard InChI is InChI=1S/C21H17BrClN3O3/c1-11-2-4-13(9-16(11)23)26-7-6-18(21(26)29)25-20(28)19(27)15-10-24-17-5-3-12(22)8-14(15)17/h2-5,8-10,18,24H,6-7H2,1H3,(H,25,28). The number of nitrogens with zero attached hydrogens (tertiary/aromatic N) is 1. The molecule has 1 atom stereocenters. The average molecular weight is 475 g/mol. The van der Waals surface area contributed by atoms with Gasteiger partial charge in [-0.2, -0.15) is 0 Å². The molecule has 0 spiro atoms. The second-order valence-corrected chi connectivity index (χ2v) is 8.28. The van der Waals surface area contributed by atoms with Crippen molar-refractivity contribution in [2.75, 3.05) is 11.4 Å². The van der Waals surface area contributed by atoms with Crippen LogP contribution in [0.4, 0.5) is 5.69 Å². The van der Waals surface area contributed by atoms with E-state index in [9.17, 15) is 14.4 Å². The number of nitrogens with one attached hydrogen (secondary N) is 2. The number of rotatable bonds is 4. The molecule has 3 aromatic rings. The van der Waals surface area contributed by atoms with Gasteiger partial charge in [0, 0.05) is 38.8 Å². The highest BCUT2D eigenvalue weighted by atomic mass is 79.9. The fourth-order valence-corrected chi connectivity index (χ4v) is 3.98. The van der Waals surface area contributed by atoms with Crippen molar-refractivity contribution in [2.45, 2.75) is 19.4 Å². The van der Waals surface area contributed by atoms with Crippen molar-refractivity contribution < 1.29 is 14.4 Å². The smallest absolute Gasteiger partial charge is 0.293 e. The summed E-state index contributed by atoms with van der Waals surface area (Å²) in [6.45, 7) is 2.33. The Bertz CT molecular complexity index is 1160. The summed E-state index contributed by atoms with van der Waals surface area (Å²) in [6, 6.07) is 10.1. The van der Waals surface area contributed by atoms with E-state index < -0.39 is 17.7 Å². The molecule has 2 aromatic carbocycles. The Morgan fingerprint density at radius 1 is 1.24 bits per heavy atom. The molecule has 1 unspecified atom stereocenters. The quantitative estimate of drug-likeness (QED) is 0.443. The molecule has 148 valence electrons. The fraction of sp³-hybridized carbons (Fsp3) is 0.190. The highest BCUT2D eigenvalue weighted by Gasteiger charge is 2.35. The topological polar surface area (TPSA) is 82.3 Å². The van der Waals surface area contributed by atoms with Crippen molar-refractivity contribution in [1.29, 1.82) is 0 Å². The van der Waals surface area contributed by atoms with Crippen LogP contribution < -0.4 is 10.2 Å². The third-order valence-electron chi connectivity index (χ3n) is 5.07. The van der Waals surface area contributed by atoms with E-state index in [4.69, 9.17) is 11.6 Å². The number of aromatic amines is 1. The molecule has 1 aromatic heterocycles. The van der Waals surface area contributed by atoms with Crippen LogP contribution in [0.2, 0.25) is 5.02 Å². The normalized spacial score (nSPS) is 16.4. The molecule has 0 radical (unpaired) electrons. The predicted molar refractivity (Wildman–Crippen MR) is 115 cm³/mol. The van der Waals surface area contributed by atoms with Crippen molar-refractivity contribution in [3.63, 3.8) is 0 Å². The van der Waals surface area contributed by atoms with E-state index in [1.54, 1.807) is 17.0 Å². The van der Waals surface area contributed by atoms with Crippen LogP contribution >= 0.6 is 27.5 Å². The molecule has 0 saturated carbocycles. The molecule has 29 heavy (non-hydrogen) atoms. The van der Waals surface area contributed by atoms with Crippen molar-refractivity contribution in [3.8, 4) is 0 Å². The van der Waals surface area contributed by atoms with Crippen molar-refractivity contribution in [3.05, 3.63) is 63.2 Å². The lowest BCUT2D eigenvalue weighted by molar-refractivity contribution is -0.124. The molecule has 6 nitrogen and oxygen atoms in total. The van der Waals surface area contributed by atoms with Gasteiger partial charge < -0.3 is 15.2 Å². The molecule has 0 aliphatic carbocycles. The van der Waals surface area contributed by atoms with Gasteiger partial charge in [-0.15, -0.1) is 0 Å². The molecule has 4 rings (SSSR count). The third-order valence-corrected chi connectivity index (χ3v) is 5.97. The monoisotopic (exact) mass is 473 g/mol. The number of amides is 2. The van der Waals surface area contributed by atoms with Gasteiger partial charge in [0.2, 0.25) is 5.91 Å². The predicted octanol–water partition coefficient (Wildman–Crippen LogP) is 4.00. The van der Waals surface area contributed by atoms with Gasteiger partial charge in [0.15, 0.2) is 0 Å². The molecule has 1 aliphatic rings. The Kier molecular flexibility index (Phi) is 5.19. The molecule has 2 N–H and O–H groups in total. The van der Waals surface area contributed by atoms with Crippen LogP contribution in [-0.4, -0.2) is 35.2 Å². The Labute approximate surface area is 180 Å². The number of hydrogen-bond donors (Lipinski definition) is 2. The molecule has 2 amide bonds. The summed E-state index contributed by atoms with van der Waals surface area (Å²) in [7, 11) is 0. The minimum atomic E-state index is -0.798. The summed E-state index contributed by atoms with van der Waals surface area (Å²) in [6.07, 6.45) is 1.93. The minimum Gasteiger partial charge on any atom is -0.360 e. The minimum absolute atomic E-state index is 0.257. The maximum atomic E-state index is 12.7. The summed E-state index contributed by atoms with van der Waals surface area (Å²) < 4.78 is 0.803. The molecule has 1 fully saturated rings. The number of ketones is 1. The van der Waals surface area contributed by atoms with Gasteiger partial charge >= 0.3 is 0 Å². The lowest BCUT2D eigenvalue weighted by Crippen LogP contribution is -2.44. The second-order valence-electron chi connectivity index (χ2n) is 6.96. The Hall–Kier alpha value is -2.64. The largest absolute Gasteiger partial charge is 0.360 e. The number of benzene rings is 2. The van der Waals surface area contributed by atoms with E-state index in [0.29, 0.717) is 29.1 Å². The van der Waals surface area contributed by atoms with Gasteiger partial charge in [0.05, 0.1) is 5.56 Å². The number of aryl methyl sites for hydroxylation is 1. The SMILES string of the molecule is Cc1ccc(N2CCC(NC(=O)C(=O)c3c[nH]c4ccc(Br)cc34)C2=O)cc1Cl. The zero-order valence-corrected chi connectivity index (χ0v) is 17.8. The number of Topliss-reactive ketones (excluding diaryl/α,β-unsaturated/α-hetero) is 1. The maximum absolute atomic E-state index is 12.7. The van der Waals surface area contributed by atoms with Gasteiger partial charge in [-0.25, -0.2) is 0 Å². The summed E-state index contributed by atoms with van der Waals surface area (Å²) in [5, 5.41) is 3.80. The number of hydrogen-bond acceptors (Lipinski definition) is 3. The van der Waals surface area contributed by atoms with Crippen LogP contribution in [-0.2, 0) is 9.59 Å². The Balaban J connectivity index is 1.49. The Morgan fingerprint density at radius 3 is 2.79 bits per heavy atom. The summed E-state index contributed by atoms with van der Waals surface area (Å²) in [5.74, 6) is -1.74. The van der Waals surface area contributed by atoms with E-state index in [2.05, 4.69) is 26.2 Å². The molecule has 1 aliphatic heterocycles. The first kappa shape index (κ1) is 19.7. The number of carbonyl (C=O) groups excluding carboxylic acids is 3. The van der Waals surface area contributed by atoms with Crippen molar-refractivity contribution in [1.82, 2.24) is 10.3 Å². The lowest BCUT2D eigenvalue weighted by atomic mass is 10.1. The second kappa shape index (κ2) is 7.65. The fourth-order valence-electron chi connectivity index (χ4n) is 3.45. The molecule has 8 heteroatoms. The lowest BCUT2D eigenvalue weighted by Gasteiger charge is -2.18. The molecule has 1 saturated heterocycles. The first-order chi connectivity index (χ1) is 13.8. The van der Waals surface area contributed by atoms with E-state index in [1.807, 2.05) is 31.2 Å². The van der Waals surface area contributed by atoms with Gasteiger partial charge in [0.1, 0.15) is 6.04 Å². The van der Waals surface area contributed by atoms with Gasteiger partial charge in [-0.3, -0.25) is 14.4 Å². The van der Waals surface area contributed by atoms with Crippen LogP contribution in [0.25, 0.3) is 10.9 Å². The molecular weight excluding hydrogens is 458 g/mol. The van der Waals surface area contributed by atoms with Gasteiger partial charge in [0.25, 0.3) is 11.7 Å². The first-order valence-corrected chi connectivity index (χ1v) is 10.2. The van der Waals surface area contributed by atoms with Crippen LogP contribution in [0.15, 0.2) is 47.1 Å². The van der Waals surface area contributed by atoms with E-state index in [0.717, 1.165) is 15.6 Å². The number of fused-ring (bicyclic) bond motifs is 1. The number of carbonyl (C=O) groups is 3. The summed E-state index contributed by atoms with van der Waals surface area (Å²) in [4.78, 5) is 42.5. The van der Waals surface area contributed by atoms with Crippen molar-refractivity contribution in [2.24, 2.45) is 0 Å². The Morgan fingerprint density at radius 2 is 2.03 bits per heavy atom. The number of aromatic nitrogens is 1. The zero-order chi connectivity index (χ0) is 20.7. The summed E-state index contributed by atoms with van der Waals surface area (Å²) in [5.41, 5.74) is 2.62.